The van der Waals surface area contributed by atoms with Crippen molar-refractivity contribution in [3.8, 4) is 5.75 Å². The van der Waals surface area contributed by atoms with Gasteiger partial charge in [0.15, 0.2) is 9.84 Å². The number of benzene rings is 1. The van der Waals surface area contributed by atoms with Gasteiger partial charge in [0.2, 0.25) is 5.91 Å². The number of phenols is 1. The molecule has 1 aromatic carbocycles. The van der Waals surface area contributed by atoms with Crippen molar-refractivity contribution in [2.75, 3.05) is 11.5 Å². The number of nitrogens with one attached hydrogen (secondary N) is 1. The molecule has 2 N–H and O–H groups in total. The van der Waals surface area contributed by atoms with Crippen molar-refractivity contribution < 1.29 is 18.3 Å². The molecule has 0 aliphatic carbocycles. The van der Waals surface area contributed by atoms with Crippen LogP contribution in [0.25, 0.3) is 0 Å². The number of aromatic hydroxyl groups is 1. The normalized spacial score (nSPS) is 25.1. The number of hydrogen-bond acceptors (Lipinski definition) is 4. The number of phenolic OH excluding ortho intramolecular Hbond substituents is 1. The highest BCUT2D eigenvalue weighted by Crippen LogP contribution is 2.23. The standard InChI is InChI=1S/C13H17NO4S/c1-13(5-6-19(17,18)9-13)14-12(16)8-10-3-2-4-11(15)7-10/h2-4,7,15H,5-6,8-9H2,1H3,(H,14,16). The van der Waals surface area contributed by atoms with Gasteiger partial charge >= 0.3 is 0 Å². The first-order valence-electron chi connectivity index (χ1n) is 6.07. The fourth-order valence-electron chi connectivity index (χ4n) is 2.34. The van der Waals surface area contributed by atoms with Crippen LogP contribution in [0.1, 0.15) is 18.9 Å². The predicted molar refractivity (Wildman–Crippen MR) is 71.6 cm³/mol. The molecule has 1 fully saturated rings. The van der Waals surface area contributed by atoms with Crippen LogP contribution in [0.3, 0.4) is 0 Å². The second-order valence-corrected chi connectivity index (χ2v) is 7.48. The van der Waals surface area contributed by atoms with Crippen molar-refractivity contribution in [3.05, 3.63) is 29.8 Å². The van der Waals surface area contributed by atoms with E-state index in [0.29, 0.717) is 12.0 Å². The molecule has 0 bridgehead atoms. The lowest BCUT2D eigenvalue weighted by atomic mass is 10.0. The molecule has 1 unspecified atom stereocenters. The van der Waals surface area contributed by atoms with Gasteiger partial charge in [-0.15, -0.1) is 0 Å². The van der Waals surface area contributed by atoms with E-state index in [1.54, 1.807) is 19.1 Å². The number of hydrogen-bond donors (Lipinski definition) is 2. The highest BCUT2D eigenvalue weighted by Gasteiger charge is 2.39. The summed E-state index contributed by atoms with van der Waals surface area (Å²) in [6.45, 7) is 1.75. The minimum absolute atomic E-state index is 0.00816. The Labute approximate surface area is 112 Å². The molecule has 0 spiro atoms. The molecule has 1 heterocycles. The predicted octanol–water partition coefficient (Wildman–Crippen LogP) is 0.628. The molecule has 0 saturated carbocycles. The average molecular weight is 283 g/mol. The van der Waals surface area contributed by atoms with Gasteiger partial charge in [0, 0.05) is 0 Å². The monoisotopic (exact) mass is 283 g/mol. The van der Waals surface area contributed by atoms with Gasteiger partial charge in [-0.3, -0.25) is 4.79 Å². The van der Waals surface area contributed by atoms with Crippen LogP contribution in [0.2, 0.25) is 0 Å². The van der Waals surface area contributed by atoms with Crippen molar-refractivity contribution >= 4 is 15.7 Å². The van der Waals surface area contributed by atoms with E-state index in [9.17, 15) is 18.3 Å². The molecule has 6 heteroatoms. The maximum atomic E-state index is 11.9. The molecule has 2 rings (SSSR count). The molecule has 1 amide bonds. The number of sulfone groups is 1. The lowest BCUT2D eigenvalue weighted by Crippen LogP contribution is -2.47. The van der Waals surface area contributed by atoms with Gasteiger partial charge < -0.3 is 10.4 Å². The average Bonchev–Trinajstić information content (AvgIpc) is 2.52. The Kier molecular flexibility index (Phi) is 3.54. The third-order valence-electron chi connectivity index (χ3n) is 3.22. The van der Waals surface area contributed by atoms with Crippen molar-refractivity contribution in [2.24, 2.45) is 0 Å². The van der Waals surface area contributed by atoms with Gasteiger partial charge in [-0.1, -0.05) is 12.1 Å². The molecule has 0 radical (unpaired) electrons. The van der Waals surface area contributed by atoms with E-state index in [1.807, 2.05) is 0 Å². The summed E-state index contributed by atoms with van der Waals surface area (Å²) < 4.78 is 22.9. The van der Waals surface area contributed by atoms with Crippen molar-refractivity contribution in [3.63, 3.8) is 0 Å². The van der Waals surface area contributed by atoms with Crippen LogP contribution in [-0.2, 0) is 21.1 Å². The van der Waals surface area contributed by atoms with Crippen LogP contribution < -0.4 is 5.32 Å². The summed E-state index contributed by atoms with van der Waals surface area (Å²) in [6.07, 6.45) is 0.575. The Morgan fingerprint density at radius 1 is 1.47 bits per heavy atom. The third kappa shape index (κ3) is 3.70. The molecule has 1 aromatic rings. The molecular formula is C13H17NO4S. The van der Waals surface area contributed by atoms with Crippen molar-refractivity contribution in [1.29, 1.82) is 0 Å². The molecule has 1 saturated heterocycles. The minimum Gasteiger partial charge on any atom is -0.508 e. The van der Waals surface area contributed by atoms with Gasteiger partial charge in [-0.05, 0) is 31.0 Å². The van der Waals surface area contributed by atoms with E-state index in [0.717, 1.165) is 0 Å². The molecule has 1 aliphatic rings. The van der Waals surface area contributed by atoms with Gasteiger partial charge in [0.1, 0.15) is 5.75 Å². The second-order valence-electron chi connectivity index (χ2n) is 5.30. The zero-order valence-electron chi connectivity index (χ0n) is 10.7. The maximum Gasteiger partial charge on any atom is 0.224 e. The van der Waals surface area contributed by atoms with E-state index in [-0.39, 0.29) is 29.6 Å². The summed E-state index contributed by atoms with van der Waals surface area (Å²) in [5.74, 6) is -0.00744. The van der Waals surface area contributed by atoms with E-state index < -0.39 is 15.4 Å². The van der Waals surface area contributed by atoms with Crippen molar-refractivity contribution in [2.45, 2.75) is 25.3 Å². The summed E-state index contributed by atoms with van der Waals surface area (Å²) >= 11 is 0. The number of rotatable bonds is 3. The molecule has 0 aromatic heterocycles. The smallest absolute Gasteiger partial charge is 0.224 e. The third-order valence-corrected chi connectivity index (χ3v) is 5.12. The van der Waals surface area contributed by atoms with Crippen LogP contribution in [-0.4, -0.2) is 36.5 Å². The quantitative estimate of drug-likeness (QED) is 0.852. The summed E-state index contributed by atoms with van der Waals surface area (Å²) in [7, 11) is -3.03. The van der Waals surface area contributed by atoms with E-state index >= 15 is 0 Å². The Morgan fingerprint density at radius 3 is 2.79 bits per heavy atom. The summed E-state index contributed by atoms with van der Waals surface area (Å²) in [5.41, 5.74) is 0.0224. The van der Waals surface area contributed by atoms with Crippen molar-refractivity contribution in [1.82, 2.24) is 5.32 Å². The molecule has 1 aliphatic heterocycles. The van der Waals surface area contributed by atoms with E-state index in [1.165, 1.54) is 12.1 Å². The van der Waals surface area contributed by atoms with Crippen LogP contribution in [0, 0.1) is 0 Å². The molecule has 1 atom stereocenters. The Balaban J connectivity index is 1.99. The van der Waals surface area contributed by atoms with Crippen LogP contribution >= 0.6 is 0 Å². The van der Waals surface area contributed by atoms with Crippen LogP contribution in [0.5, 0.6) is 5.75 Å². The fourth-order valence-corrected chi connectivity index (χ4v) is 4.43. The molecule has 104 valence electrons. The second kappa shape index (κ2) is 4.85. The summed E-state index contributed by atoms with van der Waals surface area (Å²) in [4.78, 5) is 11.9. The molecular weight excluding hydrogens is 266 g/mol. The maximum absolute atomic E-state index is 11.9. The lowest BCUT2D eigenvalue weighted by molar-refractivity contribution is -0.121. The SMILES string of the molecule is CC1(NC(=O)Cc2cccc(O)c2)CCS(=O)(=O)C1. The lowest BCUT2D eigenvalue weighted by Gasteiger charge is -2.23. The van der Waals surface area contributed by atoms with Gasteiger partial charge in [-0.25, -0.2) is 8.42 Å². The molecule has 5 nitrogen and oxygen atoms in total. The van der Waals surface area contributed by atoms with E-state index in [4.69, 9.17) is 0 Å². The zero-order valence-corrected chi connectivity index (χ0v) is 11.5. The van der Waals surface area contributed by atoms with Crippen LogP contribution in [0.4, 0.5) is 0 Å². The van der Waals surface area contributed by atoms with Gasteiger partial charge in [0.25, 0.3) is 0 Å². The van der Waals surface area contributed by atoms with E-state index in [2.05, 4.69) is 5.32 Å². The van der Waals surface area contributed by atoms with Gasteiger partial charge in [0.05, 0.1) is 23.5 Å². The first-order chi connectivity index (χ1) is 8.78. The highest BCUT2D eigenvalue weighted by atomic mass is 32.2. The Morgan fingerprint density at radius 2 is 2.21 bits per heavy atom. The number of carbonyl (C=O) groups excluding carboxylic acids is 1. The Bertz CT molecular complexity index is 596. The Hall–Kier alpha value is -1.56. The fraction of sp³-hybridized carbons (Fsp3) is 0.462. The largest absolute Gasteiger partial charge is 0.508 e. The topological polar surface area (TPSA) is 83.5 Å². The van der Waals surface area contributed by atoms with Crippen LogP contribution in [0.15, 0.2) is 24.3 Å². The summed E-state index contributed by atoms with van der Waals surface area (Å²) in [5, 5.41) is 12.1. The number of carbonyl (C=O) groups is 1. The molecule has 19 heavy (non-hydrogen) atoms. The highest BCUT2D eigenvalue weighted by molar-refractivity contribution is 7.91. The minimum atomic E-state index is -3.03. The number of amides is 1. The summed E-state index contributed by atoms with van der Waals surface area (Å²) in [6, 6.07) is 6.46. The van der Waals surface area contributed by atoms with Gasteiger partial charge in [-0.2, -0.15) is 0 Å². The first-order valence-corrected chi connectivity index (χ1v) is 7.90. The first kappa shape index (κ1) is 13.9. The zero-order chi connectivity index (χ0) is 14.1.